The molecular formula is C9H12N4OS. The number of hydrazone groups is 1. The zero-order valence-corrected chi connectivity index (χ0v) is 9.63. The average Bonchev–Trinajstić information content (AvgIpc) is 2.69. The minimum atomic E-state index is -0.0557. The van der Waals surface area contributed by atoms with Gasteiger partial charge >= 0.3 is 0 Å². The predicted molar refractivity (Wildman–Crippen MR) is 60.9 cm³/mol. The van der Waals surface area contributed by atoms with Gasteiger partial charge in [-0.25, -0.2) is 4.98 Å². The zero-order valence-electron chi connectivity index (χ0n) is 8.81. The largest absolute Gasteiger partial charge is 0.437 e. The van der Waals surface area contributed by atoms with Gasteiger partial charge in [-0.05, 0) is 6.92 Å². The Bertz CT molecular complexity index is 426. The number of thiocarbonyl (C=S) groups is 1. The molecule has 5 nitrogen and oxygen atoms in total. The molecule has 1 aromatic rings. The van der Waals surface area contributed by atoms with E-state index in [0.717, 1.165) is 11.5 Å². The fourth-order valence-electron chi connectivity index (χ4n) is 1.50. The summed E-state index contributed by atoms with van der Waals surface area (Å²) in [4.78, 5) is 6.12. The van der Waals surface area contributed by atoms with Crippen LogP contribution in [-0.2, 0) is 0 Å². The monoisotopic (exact) mass is 224 g/mol. The highest BCUT2D eigenvalue weighted by Gasteiger charge is 2.27. The van der Waals surface area contributed by atoms with Crippen LogP contribution in [0.4, 0.5) is 0 Å². The molecule has 0 amide bonds. The molecule has 1 aromatic heterocycles. The van der Waals surface area contributed by atoms with E-state index < -0.39 is 0 Å². The number of nitrogens with one attached hydrogen (secondary N) is 1. The van der Waals surface area contributed by atoms with Crippen molar-refractivity contribution < 1.29 is 4.42 Å². The molecule has 0 radical (unpaired) electrons. The minimum Gasteiger partial charge on any atom is -0.437 e. The summed E-state index contributed by atoms with van der Waals surface area (Å²) in [6.45, 7) is 3.71. The Labute approximate surface area is 93.2 Å². The Morgan fingerprint density at radius 1 is 1.53 bits per heavy atom. The molecule has 0 fully saturated rings. The number of hydrogen-bond acceptors (Lipinski definition) is 6. The lowest BCUT2D eigenvalue weighted by Crippen LogP contribution is -2.38. The highest BCUT2D eigenvalue weighted by molar-refractivity contribution is 7.79. The molecular weight excluding hydrogens is 212 g/mol. The van der Waals surface area contributed by atoms with Crippen LogP contribution in [0, 0.1) is 13.8 Å². The maximum absolute atomic E-state index is 5.49. The number of rotatable bonds is 2. The molecule has 6 heteroatoms. The second-order valence-corrected chi connectivity index (χ2v) is 3.68. The van der Waals surface area contributed by atoms with Crippen LogP contribution >= 0.6 is 12.2 Å². The summed E-state index contributed by atoms with van der Waals surface area (Å²) in [5, 5.41) is 5.79. The van der Waals surface area contributed by atoms with Crippen LogP contribution < -0.4 is 5.43 Å². The van der Waals surface area contributed by atoms with E-state index in [-0.39, 0.29) is 6.17 Å². The van der Waals surface area contributed by atoms with Crippen molar-refractivity contribution in [1.29, 1.82) is 0 Å². The molecule has 1 aliphatic heterocycles. The number of hydrogen-bond donors (Lipinski definition) is 1. The Balaban J connectivity index is 2.33. The maximum Gasteiger partial charge on any atom is 0.195 e. The Hall–Kier alpha value is -1.43. The number of nitrogens with zero attached hydrogens (tertiary/aromatic N) is 3. The normalized spacial score (nSPS) is 20.1. The Morgan fingerprint density at radius 2 is 2.27 bits per heavy atom. The van der Waals surface area contributed by atoms with Gasteiger partial charge in [0.1, 0.15) is 6.17 Å². The third-order valence-electron chi connectivity index (χ3n) is 2.29. The maximum atomic E-state index is 5.49. The van der Waals surface area contributed by atoms with Crippen molar-refractivity contribution in [2.45, 2.75) is 20.0 Å². The summed E-state index contributed by atoms with van der Waals surface area (Å²) in [5.41, 5.74) is 3.75. The molecule has 0 saturated carbocycles. The molecule has 15 heavy (non-hydrogen) atoms. The van der Waals surface area contributed by atoms with Gasteiger partial charge < -0.3 is 9.32 Å². The molecule has 1 aliphatic rings. The SMILES string of the molecule is Cc1nc(C)c(C2=NNC(C=S)N2C)o1. The highest BCUT2D eigenvalue weighted by atomic mass is 32.1. The van der Waals surface area contributed by atoms with Crippen molar-refractivity contribution in [3.05, 3.63) is 17.3 Å². The lowest BCUT2D eigenvalue weighted by atomic mass is 10.3. The van der Waals surface area contributed by atoms with Gasteiger partial charge in [-0.1, -0.05) is 12.2 Å². The third kappa shape index (κ3) is 1.61. The molecule has 2 rings (SSSR count). The molecule has 0 aliphatic carbocycles. The van der Waals surface area contributed by atoms with Gasteiger partial charge in [0.25, 0.3) is 0 Å². The van der Waals surface area contributed by atoms with Gasteiger partial charge in [0, 0.05) is 19.3 Å². The van der Waals surface area contributed by atoms with Gasteiger partial charge in [0.15, 0.2) is 17.5 Å². The van der Waals surface area contributed by atoms with Gasteiger partial charge in [-0.15, -0.1) is 0 Å². The van der Waals surface area contributed by atoms with E-state index in [1.165, 1.54) is 0 Å². The van der Waals surface area contributed by atoms with Crippen LogP contribution in [0.5, 0.6) is 0 Å². The summed E-state index contributed by atoms with van der Waals surface area (Å²) >= 11 is 4.88. The van der Waals surface area contributed by atoms with Crippen molar-refractivity contribution >= 4 is 23.4 Å². The lowest BCUT2D eigenvalue weighted by Gasteiger charge is -2.17. The molecule has 0 aromatic carbocycles. The van der Waals surface area contributed by atoms with Crippen LogP contribution in [0.1, 0.15) is 17.3 Å². The van der Waals surface area contributed by atoms with E-state index in [2.05, 4.69) is 15.5 Å². The number of aromatic nitrogens is 1. The lowest BCUT2D eigenvalue weighted by molar-refractivity contribution is 0.433. The highest BCUT2D eigenvalue weighted by Crippen LogP contribution is 2.15. The minimum absolute atomic E-state index is 0.0557. The summed E-state index contributed by atoms with van der Waals surface area (Å²) in [6, 6.07) is 0. The zero-order chi connectivity index (χ0) is 11.0. The Kier molecular flexibility index (Phi) is 2.44. The smallest absolute Gasteiger partial charge is 0.195 e. The van der Waals surface area contributed by atoms with Gasteiger partial charge in [0.05, 0.1) is 5.69 Å². The van der Waals surface area contributed by atoms with Gasteiger partial charge in [-0.3, -0.25) is 5.43 Å². The molecule has 0 saturated heterocycles. The topological polar surface area (TPSA) is 53.7 Å². The number of amidine groups is 1. The average molecular weight is 224 g/mol. The van der Waals surface area contributed by atoms with Crippen molar-refractivity contribution in [3.63, 3.8) is 0 Å². The van der Waals surface area contributed by atoms with Gasteiger partial charge in [0.2, 0.25) is 0 Å². The van der Waals surface area contributed by atoms with Crippen molar-refractivity contribution in [2.24, 2.45) is 5.10 Å². The molecule has 1 N–H and O–H groups in total. The van der Waals surface area contributed by atoms with Crippen LogP contribution in [0.25, 0.3) is 0 Å². The first kappa shape index (κ1) is 10.1. The van der Waals surface area contributed by atoms with E-state index in [9.17, 15) is 0 Å². The summed E-state index contributed by atoms with van der Waals surface area (Å²) < 4.78 is 5.49. The summed E-state index contributed by atoms with van der Waals surface area (Å²) in [7, 11) is 1.91. The molecule has 0 spiro atoms. The Morgan fingerprint density at radius 3 is 2.73 bits per heavy atom. The van der Waals surface area contributed by atoms with Crippen LogP contribution in [-0.4, -0.2) is 34.3 Å². The second-order valence-electron chi connectivity index (χ2n) is 3.40. The first-order valence-electron chi connectivity index (χ1n) is 4.59. The molecule has 1 unspecified atom stereocenters. The first-order valence-corrected chi connectivity index (χ1v) is 5.06. The molecule has 1 atom stereocenters. The van der Waals surface area contributed by atoms with E-state index >= 15 is 0 Å². The number of oxazole rings is 1. The van der Waals surface area contributed by atoms with E-state index in [1.54, 1.807) is 5.37 Å². The van der Waals surface area contributed by atoms with Gasteiger partial charge in [-0.2, -0.15) is 5.10 Å². The second kappa shape index (κ2) is 3.62. The van der Waals surface area contributed by atoms with Crippen LogP contribution in [0.2, 0.25) is 0 Å². The fourth-order valence-corrected chi connectivity index (χ4v) is 1.74. The molecule has 2 heterocycles. The molecule has 80 valence electrons. The van der Waals surface area contributed by atoms with Crippen molar-refractivity contribution in [2.75, 3.05) is 7.05 Å². The standard InChI is InChI=1S/C9H12N4OS/c1-5-8(14-6(2)10-5)9-12-11-7(4-15)13(9)3/h4,7,11H,1-3H3. The summed E-state index contributed by atoms with van der Waals surface area (Å²) in [5.74, 6) is 2.07. The molecule has 0 bridgehead atoms. The third-order valence-corrected chi connectivity index (χ3v) is 2.55. The van der Waals surface area contributed by atoms with Crippen molar-refractivity contribution in [1.82, 2.24) is 15.3 Å². The predicted octanol–water partition coefficient (Wildman–Crippen LogP) is 0.814. The van der Waals surface area contributed by atoms with E-state index in [4.69, 9.17) is 16.6 Å². The van der Waals surface area contributed by atoms with Crippen LogP contribution in [0.3, 0.4) is 0 Å². The van der Waals surface area contributed by atoms with Crippen molar-refractivity contribution in [3.8, 4) is 0 Å². The van der Waals surface area contributed by atoms with E-state index in [0.29, 0.717) is 11.7 Å². The number of aryl methyl sites for hydroxylation is 2. The van der Waals surface area contributed by atoms with E-state index in [1.807, 2.05) is 25.8 Å². The summed E-state index contributed by atoms with van der Waals surface area (Å²) in [6.07, 6.45) is -0.0557. The quantitative estimate of drug-likeness (QED) is 0.754. The van der Waals surface area contributed by atoms with Crippen LogP contribution in [0.15, 0.2) is 9.52 Å². The first-order chi connectivity index (χ1) is 7.13. The fraction of sp³-hybridized carbons (Fsp3) is 0.444.